The van der Waals surface area contributed by atoms with Crippen LogP contribution in [0.4, 0.5) is 20.2 Å². The lowest BCUT2D eigenvalue weighted by Gasteiger charge is -2.13. The molecular weight excluding hydrogens is 286 g/mol. The molecule has 0 fully saturated rings. The molecule has 0 saturated carbocycles. The number of hydrogen-bond acceptors (Lipinski definition) is 3. The lowest BCUT2D eigenvalue weighted by molar-refractivity contribution is -0.0494. The number of halogens is 3. The van der Waals surface area contributed by atoms with Crippen molar-refractivity contribution in [1.82, 2.24) is 0 Å². The van der Waals surface area contributed by atoms with Crippen LogP contribution in [-0.4, -0.2) is 13.3 Å². The first-order valence-corrected chi connectivity index (χ1v) is 6.38. The molecule has 0 radical (unpaired) electrons. The molecule has 6 heteroatoms. The van der Waals surface area contributed by atoms with Crippen LogP contribution in [0.25, 0.3) is 11.1 Å². The molecule has 2 N–H and O–H groups in total. The van der Waals surface area contributed by atoms with Crippen LogP contribution in [-0.2, 0) is 0 Å². The molecule has 0 aromatic heterocycles. The minimum Gasteiger partial charge on any atom is -0.434 e. The molecule has 0 amide bonds. The Morgan fingerprint density at radius 1 is 1.10 bits per heavy atom. The Kier molecular flexibility index (Phi) is 3.36. The van der Waals surface area contributed by atoms with Gasteiger partial charge in [0.25, 0.3) is 0 Å². The van der Waals surface area contributed by atoms with E-state index in [9.17, 15) is 8.78 Å². The second-order valence-corrected chi connectivity index (χ2v) is 4.69. The average molecular weight is 297 g/mol. The van der Waals surface area contributed by atoms with E-state index in [1.54, 1.807) is 12.1 Å². The van der Waals surface area contributed by atoms with Crippen molar-refractivity contribution in [3.63, 3.8) is 0 Å². The minimum absolute atomic E-state index is 0.0680. The quantitative estimate of drug-likeness (QED) is 0.880. The standard InChI is InChI=1S/C14H11ClF2N2O/c15-9-2-1-3-12(20-14(16)17)13(9)8-4-5-10-11(6-8)19-7-18-10/h1-6,14,18-19H,7H2. The molecular formula is C14H11ClF2N2O. The fourth-order valence-electron chi connectivity index (χ4n) is 2.21. The Bertz CT molecular complexity index is 649. The first kappa shape index (κ1) is 13.0. The molecule has 0 aliphatic carbocycles. The molecule has 20 heavy (non-hydrogen) atoms. The van der Waals surface area contributed by atoms with Gasteiger partial charge in [-0.05, 0) is 29.8 Å². The van der Waals surface area contributed by atoms with E-state index in [1.165, 1.54) is 6.07 Å². The van der Waals surface area contributed by atoms with Crippen molar-refractivity contribution < 1.29 is 13.5 Å². The Balaban J connectivity index is 2.09. The number of anilines is 2. The van der Waals surface area contributed by atoms with Crippen LogP contribution >= 0.6 is 11.6 Å². The first-order chi connectivity index (χ1) is 9.65. The average Bonchev–Trinajstić information content (AvgIpc) is 2.85. The zero-order valence-corrected chi connectivity index (χ0v) is 11.0. The molecule has 0 saturated heterocycles. The van der Waals surface area contributed by atoms with Crippen molar-refractivity contribution in [3.8, 4) is 16.9 Å². The van der Waals surface area contributed by atoms with Gasteiger partial charge in [0.15, 0.2) is 0 Å². The predicted octanol–water partition coefficient (Wildman–Crippen LogP) is 4.40. The fraction of sp³-hybridized carbons (Fsp3) is 0.143. The topological polar surface area (TPSA) is 33.3 Å². The smallest absolute Gasteiger partial charge is 0.387 e. The van der Waals surface area contributed by atoms with Gasteiger partial charge in [0.05, 0.1) is 23.1 Å². The monoisotopic (exact) mass is 296 g/mol. The highest BCUT2D eigenvalue weighted by molar-refractivity contribution is 6.33. The van der Waals surface area contributed by atoms with Crippen LogP contribution in [0.5, 0.6) is 5.75 Å². The highest BCUT2D eigenvalue weighted by atomic mass is 35.5. The third kappa shape index (κ3) is 2.36. The Hall–Kier alpha value is -2.01. The van der Waals surface area contributed by atoms with E-state index >= 15 is 0 Å². The summed E-state index contributed by atoms with van der Waals surface area (Å²) < 4.78 is 29.5. The maximum absolute atomic E-state index is 12.5. The van der Waals surface area contributed by atoms with Crippen LogP contribution in [0.2, 0.25) is 5.02 Å². The Labute approximate surface area is 119 Å². The maximum atomic E-state index is 12.5. The highest BCUT2D eigenvalue weighted by Gasteiger charge is 2.17. The van der Waals surface area contributed by atoms with Crippen LogP contribution in [0, 0.1) is 0 Å². The van der Waals surface area contributed by atoms with E-state index < -0.39 is 6.61 Å². The van der Waals surface area contributed by atoms with Crippen molar-refractivity contribution in [2.45, 2.75) is 6.61 Å². The zero-order valence-electron chi connectivity index (χ0n) is 10.3. The molecule has 0 atom stereocenters. The van der Waals surface area contributed by atoms with Crippen molar-refractivity contribution in [2.75, 3.05) is 17.3 Å². The normalized spacial score (nSPS) is 12.8. The van der Waals surface area contributed by atoms with Crippen molar-refractivity contribution in [2.24, 2.45) is 0 Å². The molecule has 3 rings (SSSR count). The lowest BCUT2D eigenvalue weighted by atomic mass is 10.0. The van der Waals surface area contributed by atoms with Gasteiger partial charge >= 0.3 is 6.61 Å². The van der Waals surface area contributed by atoms with Gasteiger partial charge in [-0.1, -0.05) is 23.7 Å². The summed E-state index contributed by atoms with van der Waals surface area (Å²) in [5, 5.41) is 6.66. The van der Waals surface area contributed by atoms with E-state index in [4.69, 9.17) is 11.6 Å². The van der Waals surface area contributed by atoms with Gasteiger partial charge in [-0.2, -0.15) is 8.78 Å². The summed E-state index contributed by atoms with van der Waals surface area (Å²) in [6.07, 6.45) is 0. The van der Waals surface area contributed by atoms with E-state index in [-0.39, 0.29) is 5.75 Å². The van der Waals surface area contributed by atoms with Crippen LogP contribution in [0.15, 0.2) is 36.4 Å². The fourth-order valence-corrected chi connectivity index (χ4v) is 2.49. The summed E-state index contributed by atoms with van der Waals surface area (Å²) >= 11 is 6.14. The minimum atomic E-state index is -2.89. The number of benzene rings is 2. The van der Waals surface area contributed by atoms with Gasteiger partial charge in [-0.3, -0.25) is 0 Å². The number of fused-ring (bicyclic) bond motifs is 1. The zero-order chi connectivity index (χ0) is 14.1. The molecule has 1 aliphatic rings. The van der Waals surface area contributed by atoms with Crippen LogP contribution in [0.1, 0.15) is 0 Å². The molecule has 0 spiro atoms. The van der Waals surface area contributed by atoms with Gasteiger partial charge in [0.1, 0.15) is 5.75 Å². The maximum Gasteiger partial charge on any atom is 0.387 e. The van der Waals surface area contributed by atoms with Gasteiger partial charge in [-0.15, -0.1) is 0 Å². The van der Waals surface area contributed by atoms with Crippen LogP contribution in [0.3, 0.4) is 0 Å². The second kappa shape index (κ2) is 5.17. The first-order valence-electron chi connectivity index (χ1n) is 6.00. The molecule has 2 aromatic rings. The number of hydrogen-bond donors (Lipinski definition) is 2. The summed E-state index contributed by atoms with van der Waals surface area (Å²) in [6, 6.07) is 10.3. The summed E-state index contributed by atoms with van der Waals surface area (Å²) in [6.45, 7) is -2.25. The number of rotatable bonds is 3. The molecule has 1 aliphatic heterocycles. The van der Waals surface area contributed by atoms with E-state index in [0.717, 1.165) is 16.9 Å². The van der Waals surface area contributed by atoms with Gasteiger partial charge < -0.3 is 15.4 Å². The van der Waals surface area contributed by atoms with Gasteiger partial charge in [0.2, 0.25) is 0 Å². The van der Waals surface area contributed by atoms with Crippen LogP contribution < -0.4 is 15.4 Å². The summed E-state index contributed by atoms with van der Waals surface area (Å²) in [5.41, 5.74) is 3.06. The van der Waals surface area contributed by atoms with Crippen molar-refractivity contribution in [1.29, 1.82) is 0 Å². The molecule has 3 nitrogen and oxygen atoms in total. The summed E-state index contributed by atoms with van der Waals surface area (Å²) in [7, 11) is 0. The lowest BCUT2D eigenvalue weighted by Crippen LogP contribution is -2.03. The molecule has 0 unspecified atom stereocenters. The largest absolute Gasteiger partial charge is 0.434 e. The van der Waals surface area contributed by atoms with Gasteiger partial charge in [0, 0.05) is 5.56 Å². The van der Waals surface area contributed by atoms with E-state index in [2.05, 4.69) is 15.4 Å². The number of ether oxygens (including phenoxy) is 1. The molecule has 0 bridgehead atoms. The van der Waals surface area contributed by atoms with Gasteiger partial charge in [-0.25, -0.2) is 0 Å². The molecule has 2 aromatic carbocycles. The van der Waals surface area contributed by atoms with Crippen molar-refractivity contribution in [3.05, 3.63) is 41.4 Å². The molecule has 104 valence electrons. The Morgan fingerprint density at radius 3 is 2.70 bits per heavy atom. The third-order valence-corrected chi connectivity index (χ3v) is 3.37. The van der Waals surface area contributed by atoms with E-state index in [1.807, 2.05) is 18.2 Å². The molecule has 1 heterocycles. The van der Waals surface area contributed by atoms with E-state index in [0.29, 0.717) is 17.3 Å². The number of nitrogens with one attached hydrogen (secondary N) is 2. The Morgan fingerprint density at radius 2 is 1.90 bits per heavy atom. The second-order valence-electron chi connectivity index (χ2n) is 4.28. The summed E-state index contributed by atoms with van der Waals surface area (Å²) in [4.78, 5) is 0. The van der Waals surface area contributed by atoms with Crippen molar-refractivity contribution >= 4 is 23.0 Å². The SMILES string of the molecule is FC(F)Oc1cccc(Cl)c1-c1ccc2c(c1)NCN2. The number of alkyl halides is 2. The highest BCUT2D eigenvalue weighted by Crippen LogP contribution is 2.40. The predicted molar refractivity (Wildman–Crippen MR) is 75.6 cm³/mol. The third-order valence-electron chi connectivity index (χ3n) is 3.06. The summed E-state index contributed by atoms with van der Waals surface area (Å²) in [5.74, 6) is 0.0680.